The topological polar surface area (TPSA) is 66.0 Å². The molecule has 2 N–H and O–H groups in total. The smallest absolute Gasteiger partial charge is 0.152 e. The molecule has 0 aliphatic rings. The lowest BCUT2D eigenvalue weighted by molar-refractivity contribution is 0.188. The van der Waals surface area contributed by atoms with E-state index in [4.69, 9.17) is 10.5 Å². The quantitative estimate of drug-likeness (QED) is 0.760. The van der Waals surface area contributed by atoms with E-state index < -0.39 is 0 Å². The van der Waals surface area contributed by atoms with Crippen molar-refractivity contribution in [3.63, 3.8) is 0 Å². The molecule has 2 aromatic heterocycles. The Labute approximate surface area is 104 Å². The Bertz CT molecular complexity index is 705. The summed E-state index contributed by atoms with van der Waals surface area (Å²) in [5.41, 5.74) is 8.61. The summed E-state index contributed by atoms with van der Waals surface area (Å²) in [5.74, 6) is 0.472. The molecule has 0 saturated heterocycles. The number of anilines is 1. The van der Waals surface area contributed by atoms with Gasteiger partial charge in [-0.15, -0.1) is 0 Å². The average molecular weight is 242 g/mol. The van der Waals surface area contributed by atoms with Crippen LogP contribution < -0.4 is 5.73 Å². The predicted molar refractivity (Wildman–Crippen MR) is 71.3 cm³/mol. The second-order valence-corrected chi connectivity index (χ2v) is 4.14. The molecule has 3 rings (SSSR count). The van der Waals surface area contributed by atoms with E-state index in [1.165, 1.54) is 0 Å². The minimum Gasteiger partial charge on any atom is -0.383 e. The van der Waals surface area contributed by atoms with Crippen LogP contribution in [0.3, 0.4) is 0 Å². The molecule has 1 aromatic carbocycles. The molecular formula is C13H14N4O. The van der Waals surface area contributed by atoms with Crippen molar-refractivity contribution in [2.24, 2.45) is 0 Å². The highest BCUT2D eigenvalue weighted by molar-refractivity contribution is 6.06. The summed E-state index contributed by atoms with van der Waals surface area (Å²) in [7, 11) is 1.69. The fourth-order valence-corrected chi connectivity index (χ4v) is 2.17. The second-order valence-electron chi connectivity index (χ2n) is 4.14. The van der Waals surface area contributed by atoms with Crippen molar-refractivity contribution in [2.75, 3.05) is 19.5 Å². The standard InChI is InChI=1S/C13H14N4O/c1-18-7-6-17-8-15-11-12(17)9-4-2-3-5-10(9)16-13(11)14/h2-5,8H,6-7H2,1H3,(H2,14,16). The number of nitrogen functional groups attached to an aromatic ring is 1. The Morgan fingerprint density at radius 2 is 2.17 bits per heavy atom. The van der Waals surface area contributed by atoms with Gasteiger partial charge in [0.1, 0.15) is 5.52 Å². The Hall–Kier alpha value is -2.14. The molecule has 92 valence electrons. The Morgan fingerprint density at radius 3 is 3.00 bits per heavy atom. The molecule has 0 spiro atoms. The fourth-order valence-electron chi connectivity index (χ4n) is 2.17. The van der Waals surface area contributed by atoms with Gasteiger partial charge in [-0.05, 0) is 6.07 Å². The zero-order chi connectivity index (χ0) is 12.5. The summed E-state index contributed by atoms with van der Waals surface area (Å²) < 4.78 is 7.17. The number of hydrogen-bond donors (Lipinski definition) is 1. The molecule has 0 aliphatic carbocycles. The SMILES string of the molecule is COCCn1cnc2c(N)nc3ccccc3c21. The number of nitrogens with two attached hydrogens (primary N) is 1. The number of para-hydroxylation sites is 1. The molecule has 0 fully saturated rings. The van der Waals surface area contributed by atoms with Crippen molar-refractivity contribution < 1.29 is 4.74 Å². The van der Waals surface area contributed by atoms with E-state index in [9.17, 15) is 0 Å². The fraction of sp³-hybridized carbons (Fsp3) is 0.231. The Balaban J connectivity index is 2.33. The highest BCUT2D eigenvalue weighted by atomic mass is 16.5. The van der Waals surface area contributed by atoms with Crippen LogP contribution in [0.25, 0.3) is 21.9 Å². The summed E-state index contributed by atoms with van der Waals surface area (Å²) in [4.78, 5) is 8.71. The van der Waals surface area contributed by atoms with Crippen molar-refractivity contribution in [2.45, 2.75) is 6.54 Å². The Kier molecular flexibility index (Phi) is 2.60. The first kappa shape index (κ1) is 11.0. The lowest BCUT2D eigenvalue weighted by Gasteiger charge is -2.06. The van der Waals surface area contributed by atoms with Crippen LogP contribution in [0.4, 0.5) is 5.82 Å². The number of hydrogen-bond acceptors (Lipinski definition) is 4. The summed E-state index contributed by atoms with van der Waals surface area (Å²) in [6.07, 6.45) is 1.79. The van der Waals surface area contributed by atoms with Gasteiger partial charge in [-0.1, -0.05) is 18.2 Å². The maximum absolute atomic E-state index is 5.95. The van der Waals surface area contributed by atoms with Crippen LogP contribution in [0, 0.1) is 0 Å². The van der Waals surface area contributed by atoms with Gasteiger partial charge in [0.25, 0.3) is 0 Å². The molecular weight excluding hydrogens is 228 g/mol. The van der Waals surface area contributed by atoms with Crippen LogP contribution in [0.5, 0.6) is 0 Å². The molecule has 0 aliphatic heterocycles. The van der Waals surface area contributed by atoms with E-state index in [1.54, 1.807) is 13.4 Å². The number of aromatic nitrogens is 3. The van der Waals surface area contributed by atoms with E-state index in [0.29, 0.717) is 12.4 Å². The summed E-state index contributed by atoms with van der Waals surface area (Å²) in [5, 5.41) is 1.07. The normalized spacial score (nSPS) is 11.4. The van der Waals surface area contributed by atoms with Gasteiger partial charge in [-0.25, -0.2) is 9.97 Å². The third-order valence-corrected chi connectivity index (χ3v) is 3.02. The van der Waals surface area contributed by atoms with Crippen LogP contribution in [-0.4, -0.2) is 28.3 Å². The van der Waals surface area contributed by atoms with Gasteiger partial charge in [0.15, 0.2) is 5.82 Å². The van der Waals surface area contributed by atoms with E-state index in [0.717, 1.165) is 28.5 Å². The van der Waals surface area contributed by atoms with Gasteiger partial charge in [-0.3, -0.25) is 0 Å². The number of fused-ring (bicyclic) bond motifs is 3. The number of rotatable bonds is 3. The average Bonchev–Trinajstić information content (AvgIpc) is 2.81. The summed E-state index contributed by atoms with van der Waals surface area (Å²) >= 11 is 0. The first-order chi connectivity index (χ1) is 8.81. The highest BCUT2D eigenvalue weighted by Crippen LogP contribution is 2.26. The van der Waals surface area contributed by atoms with Gasteiger partial charge in [0, 0.05) is 19.0 Å². The predicted octanol–water partition coefficient (Wildman–Crippen LogP) is 1.81. The molecule has 3 aromatic rings. The maximum Gasteiger partial charge on any atom is 0.152 e. The summed E-state index contributed by atoms with van der Waals surface area (Å²) in [6, 6.07) is 7.94. The lowest BCUT2D eigenvalue weighted by Crippen LogP contribution is -2.03. The first-order valence-electron chi connectivity index (χ1n) is 5.79. The molecule has 5 heteroatoms. The van der Waals surface area contributed by atoms with E-state index in [2.05, 4.69) is 14.5 Å². The summed E-state index contributed by atoms with van der Waals surface area (Å²) in [6.45, 7) is 1.39. The monoisotopic (exact) mass is 242 g/mol. The molecule has 0 radical (unpaired) electrons. The minimum absolute atomic E-state index is 0.472. The second kappa shape index (κ2) is 4.27. The number of nitrogens with zero attached hydrogens (tertiary/aromatic N) is 3. The van der Waals surface area contributed by atoms with Crippen LogP contribution in [0.2, 0.25) is 0 Å². The van der Waals surface area contributed by atoms with Gasteiger partial charge in [0.2, 0.25) is 0 Å². The van der Waals surface area contributed by atoms with E-state index >= 15 is 0 Å². The molecule has 2 heterocycles. The largest absolute Gasteiger partial charge is 0.383 e. The van der Waals surface area contributed by atoms with Crippen LogP contribution in [0.15, 0.2) is 30.6 Å². The third-order valence-electron chi connectivity index (χ3n) is 3.02. The van der Waals surface area contributed by atoms with Crippen molar-refractivity contribution in [3.05, 3.63) is 30.6 Å². The van der Waals surface area contributed by atoms with Crippen molar-refractivity contribution in [3.8, 4) is 0 Å². The van der Waals surface area contributed by atoms with Crippen molar-refractivity contribution >= 4 is 27.8 Å². The molecule has 5 nitrogen and oxygen atoms in total. The zero-order valence-corrected chi connectivity index (χ0v) is 10.1. The zero-order valence-electron chi connectivity index (χ0n) is 10.1. The third kappa shape index (κ3) is 1.60. The molecule has 0 bridgehead atoms. The molecule has 0 amide bonds. The number of pyridine rings is 1. The van der Waals surface area contributed by atoms with Crippen LogP contribution >= 0.6 is 0 Å². The van der Waals surface area contributed by atoms with Crippen LogP contribution in [-0.2, 0) is 11.3 Å². The van der Waals surface area contributed by atoms with Crippen LogP contribution in [0.1, 0.15) is 0 Å². The van der Waals surface area contributed by atoms with Gasteiger partial charge in [0.05, 0.1) is 24.0 Å². The van der Waals surface area contributed by atoms with E-state index in [-0.39, 0.29) is 0 Å². The van der Waals surface area contributed by atoms with Crippen molar-refractivity contribution in [1.82, 2.24) is 14.5 Å². The molecule has 0 unspecified atom stereocenters. The molecule has 0 saturated carbocycles. The number of ether oxygens (including phenoxy) is 1. The molecule has 0 atom stereocenters. The maximum atomic E-state index is 5.95. The highest BCUT2D eigenvalue weighted by Gasteiger charge is 2.11. The van der Waals surface area contributed by atoms with E-state index in [1.807, 2.05) is 24.3 Å². The first-order valence-corrected chi connectivity index (χ1v) is 5.79. The lowest BCUT2D eigenvalue weighted by atomic mass is 10.2. The minimum atomic E-state index is 0.472. The Morgan fingerprint density at radius 1 is 1.33 bits per heavy atom. The van der Waals surface area contributed by atoms with Gasteiger partial charge >= 0.3 is 0 Å². The van der Waals surface area contributed by atoms with Gasteiger partial charge < -0.3 is 15.0 Å². The van der Waals surface area contributed by atoms with Crippen molar-refractivity contribution in [1.29, 1.82) is 0 Å². The number of benzene rings is 1. The van der Waals surface area contributed by atoms with Gasteiger partial charge in [-0.2, -0.15) is 0 Å². The number of methoxy groups -OCH3 is 1. The molecule has 18 heavy (non-hydrogen) atoms. The number of imidazole rings is 1.